The number of benzene rings is 1. The van der Waals surface area contributed by atoms with Crippen molar-refractivity contribution in [2.75, 3.05) is 0 Å². The molecule has 0 amide bonds. The molecule has 1 aliphatic rings. The van der Waals surface area contributed by atoms with Gasteiger partial charge >= 0.3 is 0 Å². The molecule has 0 bridgehead atoms. The van der Waals surface area contributed by atoms with Crippen LogP contribution >= 0.6 is 34.7 Å². The average Bonchev–Trinajstić information content (AvgIpc) is 3.39. The number of hydrogen-bond acceptors (Lipinski definition) is 6. The third-order valence-electron chi connectivity index (χ3n) is 6.20. The first-order chi connectivity index (χ1) is 15.6. The summed E-state index contributed by atoms with van der Waals surface area (Å²) >= 11 is 9.65. The highest BCUT2D eigenvalue weighted by Crippen LogP contribution is 2.41. The summed E-state index contributed by atoms with van der Waals surface area (Å²) in [6, 6.07) is 7.91. The number of hydrogen-bond donors (Lipinski definition) is 0. The molecule has 0 aliphatic heterocycles. The van der Waals surface area contributed by atoms with Crippen LogP contribution in [-0.2, 0) is 18.6 Å². The molecule has 6 rings (SSSR count). The Morgan fingerprint density at radius 1 is 1.12 bits per heavy atom. The van der Waals surface area contributed by atoms with E-state index in [4.69, 9.17) is 21.6 Å². The van der Waals surface area contributed by atoms with Crippen molar-refractivity contribution in [2.45, 2.75) is 56.4 Å². The fourth-order valence-electron chi connectivity index (χ4n) is 4.66. The Morgan fingerprint density at radius 3 is 2.75 bits per heavy atom. The SMILES string of the molecule is CC(C)c1nc2sc3c(ncn4c(SCc5ccccc5Cl)nnc34)c2c2c1CCCC2. The summed E-state index contributed by atoms with van der Waals surface area (Å²) < 4.78 is 3.07. The zero-order chi connectivity index (χ0) is 21.8. The van der Waals surface area contributed by atoms with Gasteiger partial charge in [-0.3, -0.25) is 4.40 Å². The summed E-state index contributed by atoms with van der Waals surface area (Å²) in [5.41, 5.74) is 7.14. The van der Waals surface area contributed by atoms with Gasteiger partial charge < -0.3 is 0 Å². The van der Waals surface area contributed by atoms with E-state index in [1.807, 2.05) is 35.0 Å². The van der Waals surface area contributed by atoms with Gasteiger partial charge in [0.25, 0.3) is 0 Å². The second-order valence-corrected chi connectivity index (χ2v) is 10.9. The molecule has 0 radical (unpaired) electrons. The van der Waals surface area contributed by atoms with Crippen LogP contribution in [-0.4, -0.2) is 24.6 Å². The van der Waals surface area contributed by atoms with Gasteiger partial charge in [-0.05, 0) is 54.4 Å². The van der Waals surface area contributed by atoms with Gasteiger partial charge in [0.2, 0.25) is 0 Å². The monoisotopic (exact) mass is 479 g/mol. The molecule has 0 fully saturated rings. The molecule has 32 heavy (non-hydrogen) atoms. The molecular weight excluding hydrogens is 458 g/mol. The third kappa shape index (κ3) is 3.21. The second-order valence-electron chi connectivity index (χ2n) is 8.58. The number of aryl methyl sites for hydroxylation is 1. The number of aromatic nitrogens is 5. The second kappa shape index (κ2) is 7.97. The van der Waals surface area contributed by atoms with Crippen molar-refractivity contribution in [3.05, 3.63) is 58.0 Å². The number of pyridine rings is 1. The van der Waals surface area contributed by atoms with E-state index < -0.39 is 0 Å². The lowest BCUT2D eigenvalue weighted by Gasteiger charge is -2.21. The van der Waals surface area contributed by atoms with Gasteiger partial charge in [-0.15, -0.1) is 21.5 Å². The number of thioether (sulfide) groups is 1. The minimum Gasteiger partial charge on any atom is -0.259 e. The van der Waals surface area contributed by atoms with E-state index in [1.54, 1.807) is 23.1 Å². The summed E-state index contributed by atoms with van der Waals surface area (Å²) in [4.78, 5) is 11.1. The Hall–Kier alpha value is -2.22. The molecule has 0 spiro atoms. The van der Waals surface area contributed by atoms with Crippen molar-refractivity contribution in [3.8, 4) is 0 Å². The molecule has 162 valence electrons. The Balaban J connectivity index is 1.49. The predicted octanol–water partition coefficient (Wildman–Crippen LogP) is 6.84. The number of fused-ring (bicyclic) bond motifs is 7. The summed E-state index contributed by atoms with van der Waals surface area (Å²) in [5, 5.41) is 11.9. The Kier molecular flexibility index (Phi) is 5.08. The van der Waals surface area contributed by atoms with Crippen LogP contribution in [0.25, 0.3) is 26.1 Å². The highest BCUT2D eigenvalue weighted by atomic mass is 35.5. The zero-order valence-corrected chi connectivity index (χ0v) is 20.3. The van der Waals surface area contributed by atoms with Crippen molar-refractivity contribution in [2.24, 2.45) is 0 Å². The normalized spacial score (nSPS) is 14.1. The largest absolute Gasteiger partial charge is 0.259 e. The molecule has 0 saturated heterocycles. The number of thiophene rings is 1. The summed E-state index contributed by atoms with van der Waals surface area (Å²) in [6.07, 6.45) is 6.58. The van der Waals surface area contributed by atoms with E-state index in [-0.39, 0.29) is 0 Å². The molecule has 1 aromatic carbocycles. The van der Waals surface area contributed by atoms with Crippen molar-refractivity contribution in [3.63, 3.8) is 0 Å². The van der Waals surface area contributed by atoms with Crippen LogP contribution in [0.4, 0.5) is 0 Å². The number of rotatable bonds is 4. The number of halogens is 1. The molecular formula is C24H22ClN5S2. The van der Waals surface area contributed by atoms with Crippen LogP contribution in [0.2, 0.25) is 5.02 Å². The molecule has 0 unspecified atom stereocenters. The van der Waals surface area contributed by atoms with Crippen LogP contribution in [0.3, 0.4) is 0 Å². The standard InChI is InChI=1S/C24H22ClN5S2/c1-13(2)19-16-9-5-4-8-15(16)18-20-21(32-23(18)27-19)22-28-29-24(30(22)12-26-20)31-11-14-7-3-6-10-17(14)25/h3,6-7,10,12-13H,4-5,8-9,11H2,1-2H3. The van der Waals surface area contributed by atoms with Crippen LogP contribution in [0.15, 0.2) is 35.7 Å². The molecule has 0 atom stereocenters. The first-order valence-corrected chi connectivity index (χ1v) is 13.1. The predicted molar refractivity (Wildman–Crippen MR) is 133 cm³/mol. The first kappa shape index (κ1) is 20.4. The molecule has 4 heterocycles. The van der Waals surface area contributed by atoms with Gasteiger partial charge in [0.15, 0.2) is 10.8 Å². The van der Waals surface area contributed by atoms with E-state index in [1.165, 1.54) is 35.0 Å². The topological polar surface area (TPSA) is 56.0 Å². The minimum atomic E-state index is 0.422. The van der Waals surface area contributed by atoms with Crippen LogP contribution in [0.5, 0.6) is 0 Å². The number of nitrogens with zero attached hydrogens (tertiary/aromatic N) is 5. The molecule has 0 saturated carbocycles. The van der Waals surface area contributed by atoms with Crippen LogP contribution < -0.4 is 0 Å². The van der Waals surface area contributed by atoms with Gasteiger partial charge in [0.05, 0.1) is 5.52 Å². The molecule has 8 heteroatoms. The van der Waals surface area contributed by atoms with E-state index in [2.05, 4.69) is 24.0 Å². The third-order valence-corrected chi connectivity index (χ3v) is 8.63. The lowest BCUT2D eigenvalue weighted by Crippen LogP contribution is -2.10. The summed E-state index contributed by atoms with van der Waals surface area (Å²) in [7, 11) is 0. The minimum absolute atomic E-state index is 0.422. The zero-order valence-electron chi connectivity index (χ0n) is 17.9. The van der Waals surface area contributed by atoms with E-state index in [0.717, 1.165) is 55.0 Å². The smallest absolute Gasteiger partial charge is 0.197 e. The lowest BCUT2D eigenvalue weighted by atomic mass is 9.86. The summed E-state index contributed by atoms with van der Waals surface area (Å²) in [5.74, 6) is 1.16. The van der Waals surface area contributed by atoms with Gasteiger partial charge in [0, 0.05) is 21.9 Å². The first-order valence-electron chi connectivity index (χ1n) is 11.0. The highest BCUT2D eigenvalue weighted by Gasteiger charge is 2.24. The van der Waals surface area contributed by atoms with Gasteiger partial charge in [-0.25, -0.2) is 9.97 Å². The summed E-state index contributed by atoms with van der Waals surface area (Å²) in [6.45, 7) is 4.49. The van der Waals surface area contributed by atoms with Gasteiger partial charge in [-0.2, -0.15) is 0 Å². The molecule has 1 aliphatic carbocycles. The van der Waals surface area contributed by atoms with Crippen molar-refractivity contribution < 1.29 is 0 Å². The molecule has 5 nitrogen and oxygen atoms in total. The van der Waals surface area contributed by atoms with Gasteiger partial charge in [-0.1, -0.05) is 55.4 Å². The van der Waals surface area contributed by atoms with E-state index in [9.17, 15) is 0 Å². The fourth-order valence-corrected chi connectivity index (χ4v) is 6.99. The Morgan fingerprint density at radius 2 is 1.94 bits per heavy atom. The van der Waals surface area contributed by atoms with Crippen molar-refractivity contribution >= 4 is 60.8 Å². The molecule has 4 aromatic heterocycles. The van der Waals surface area contributed by atoms with Gasteiger partial charge in [0.1, 0.15) is 15.9 Å². The highest BCUT2D eigenvalue weighted by molar-refractivity contribution is 7.98. The fraction of sp³-hybridized carbons (Fsp3) is 0.333. The maximum absolute atomic E-state index is 6.33. The van der Waals surface area contributed by atoms with Crippen LogP contribution in [0, 0.1) is 0 Å². The van der Waals surface area contributed by atoms with Crippen molar-refractivity contribution in [1.29, 1.82) is 0 Å². The Labute approximate surface area is 199 Å². The molecule has 5 aromatic rings. The van der Waals surface area contributed by atoms with Crippen molar-refractivity contribution in [1.82, 2.24) is 24.6 Å². The quantitative estimate of drug-likeness (QED) is 0.264. The Bertz CT molecular complexity index is 1490. The lowest BCUT2D eigenvalue weighted by molar-refractivity contribution is 0.667. The average molecular weight is 480 g/mol. The van der Waals surface area contributed by atoms with E-state index in [0.29, 0.717) is 5.92 Å². The molecule has 0 N–H and O–H groups in total. The van der Waals surface area contributed by atoms with Crippen LogP contribution in [0.1, 0.15) is 55.0 Å². The maximum atomic E-state index is 6.33. The maximum Gasteiger partial charge on any atom is 0.197 e. The van der Waals surface area contributed by atoms with E-state index >= 15 is 0 Å².